The minimum Gasteiger partial charge on any atom is -0.492 e. The first kappa shape index (κ1) is 10.6. The van der Waals surface area contributed by atoms with Crippen molar-refractivity contribution in [1.29, 1.82) is 0 Å². The monoisotopic (exact) mass is 194 g/mol. The summed E-state index contributed by atoms with van der Waals surface area (Å²) in [7, 11) is 0. The fourth-order valence-corrected chi connectivity index (χ4v) is 1.01. The highest BCUT2D eigenvalue weighted by Crippen LogP contribution is 2.18. The molecule has 0 saturated heterocycles. The standard InChI is InChI=1S/C11H11FO2/c1-2-14-11-8-10(12)6-5-9(11)4-3-7-13/h5-6,8,13H,2,7H2,1H3. The molecule has 0 unspecified atom stereocenters. The number of aliphatic hydroxyl groups is 1. The van der Waals surface area contributed by atoms with Gasteiger partial charge in [0, 0.05) is 6.07 Å². The van der Waals surface area contributed by atoms with Gasteiger partial charge in [-0.25, -0.2) is 4.39 Å². The van der Waals surface area contributed by atoms with Crippen molar-refractivity contribution in [2.45, 2.75) is 6.92 Å². The average Bonchev–Trinajstić information content (AvgIpc) is 2.17. The zero-order valence-corrected chi connectivity index (χ0v) is 7.88. The van der Waals surface area contributed by atoms with Gasteiger partial charge in [-0.1, -0.05) is 11.8 Å². The molecule has 0 bridgehead atoms. The van der Waals surface area contributed by atoms with Gasteiger partial charge in [0.15, 0.2) is 0 Å². The van der Waals surface area contributed by atoms with Gasteiger partial charge in [0.1, 0.15) is 18.2 Å². The molecule has 0 atom stereocenters. The van der Waals surface area contributed by atoms with Gasteiger partial charge in [-0.05, 0) is 19.1 Å². The zero-order chi connectivity index (χ0) is 10.4. The van der Waals surface area contributed by atoms with E-state index >= 15 is 0 Å². The minimum atomic E-state index is -0.358. The Kier molecular flexibility index (Phi) is 3.96. The molecule has 14 heavy (non-hydrogen) atoms. The minimum absolute atomic E-state index is 0.219. The molecule has 0 spiro atoms. The number of ether oxygens (including phenoxy) is 1. The molecule has 0 aliphatic carbocycles. The summed E-state index contributed by atoms with van der Waals surface area (Å²) in [6.07, 6.45) is 0. The molecule has 1 aromatic rings. The van der Waals surface area contributed by atoms with E-state index in [9.17, 15) is 4.39 Å². The van der Waals surface area contributed by atoms with E-state index in [1.54, 1.807) is 0 Å². The first-order valence-corrected chi connectivity index (χ1v) is 4.30. The van der Waals surface area contributed by atoms with Crippen LogP contribution in [0, 0.1) is 17.7 Å². The van der Waals surface area contributed by atoms with Crippen LogP contribution in [0.2, 0.25) is 0 Å². The molecule has 0 aliphatic rings. The third kappa shape index (κ3) is 2.75. The maximum atomic E-state index is 12.8. The number of rotatable bonds is 2. The normalized spacial score (nSPS) is 9.07. The van der Waals surface area contributed by atoms with Gasteiger partial charge in [0.05, 0.1) is 12.2 Å². The Morgan fingerprint density at radius 2 is 2.29 bits per heavy atom. The first-order chi connectivity index (χ1) is 6.77. The lowest BCUT2D eigenvalue weighted by Crippen LogP contribution is -1.95. The van der Waals surface area contributed by atoms with E-state index in [1.807, 2.05) is 6.92 Å². The molecule has 0 aliphatic heterocycles. The highest BCUT2D eigenvalue weighted by molar-refractivity contribution is 5.46. The molecule has 3 heteroatoms. The maximum absolute atomic E-state index is 12.8. The van der Waals surface area contributed by atoms with Crippen molar-refractivity contribution < 1.29 is 14.2 Å². The van der Waals surface area contributed by atoms with E-state index in [0.29, 0.717) is 17.9 Å². The molecule has 0 heterocycles. The smallest absolute Gasteiger partial charge is 0.137 e. The van der Waals surface area contributed by atoms with Crippen molar-refractivity contribution in [2.75, 3.05) is 13.2 Å². The summed E-state index contributed by atoms with van der Waals surface area (Å²) in [4.78, 5) is 0. The summed E-state index contributed by atoms with van der Waals surface area (Å²) in [5, 5.41) is 8.51. The second-order valence-electron chi connectivity index (χ2n) is 2.53. The largest absolute Gasteiger partial charge is 0.492 e. The molecule has 1 aromatic carbocycles. The number of benzene rings is 1. The molecule has 0 fully saturated rings. The van der Waals surface area contributed by atoms with Crippen LogP contribution in [-0.2, 0) is 0 Å². The zero-order valence-electron chi connectivity index (χ0n) is 7.88. The number of hydrogen-bond acceptors (Lipinski definition) is 2. The van der Waals surface area contributed by atoms with Crippen molar-refractivity contribution in [3.8, 4) is 17.6 Å². The van der Waals surface area contributed by atoms with E-state index in [-0.39, 0.29) is 12.4 Å². The van der Waals surface area contributed by atoms with Crippen molar-refractivity contribution in [1.82, 2.24) is 0 Å². The van der Waals surface area contributed by atoms with Gasteiger partial charge >= 0.3 is 0 Å². The number of aliphatic hydroxyl groups excluding tert-OH is 1. The number of halogens is 1. The fraction of sp³-hybridized carbons (Fsp3) is 0.273. The van der Waals surface area contributed by atoms with Crippen molar-refractivity contribution in [3.05, 3.63) is 29.6 Å². The van der Waals surface area contributed by atoms with E-state index in [4.69, 9.17) is 9.84 Å². The molecule has 0 amide bonds. The van der Waals surface area contributed by atoms with E-state index in [0.717, 1.165) is 0 Å². The summed E-state index contributed by atoms with van der Waals surface area (Å²) in [6, 6.07) is 4.12. The third-order valence-corrected chi connectivity index (χ3v) is 1.55. The Morgan fingerprint density at radius 1 is 1.50 bits per heavy atom. The van der Waals surface area contributed by atoms with Gasteiger partial charge in [-0.2, -0.15) is 0 Å². The molecule has 0 aromatic heterocycles. The molecule has 74 valence electrons. The molecule has 0 saturated carbocycles. The van der Waals surface area contributed by atoms with Crippen LogP contribution in [0.3, 0.4) is 0 Å². The van der Waals surface area contributed by atoms with Crippen LogP contribution in [-0.4, -0.2) is 18.3 Å². The Morgan fingerprint density at radius 3 is 2.93 bits per heavy atom. The van der Waals surface area contributed by atoms with Crippen molar-refractivity contribution >= 4 is 0 Å². The Bertz CT molecular complexity index is 363. The van der Waals surface area contributed by atoms with E-state index in [2.05, 4.69) is 11.8 Å². The van der Waals surface area contributed by atoms with Crippen LogP contribution in [0.4, 0.5) is 4.39 Å². The van der Waals surface area contributed by atoms with Crippen LogP contribution in [0.5, 0.6) is 5.75 Å². The number of hydrogen-bond donors (Lipinski definition) is 1. The SMILES string of the molecule is CCOc1cc(F)ccc1C#CCO. The van der Waals surface area contributed by atoms with Gasteiger partial charge < -0.3 is 9.84 Å². The summed E-state index contributed by atoms with van der Waals surface area (Å²) >= 11 is 0. The highest BCUT2D eigenvalue weighted by Gasteiger charge is 2.01. The lowest BCUT2D eigenvalue weighted by Gasteiger charge is -2.05. The lowest BCUT2D eigenvalue weighted by atomic mass is 10.2. The summed E-state index contributed by atoms with van der Waals surface area (Å²) in [5.41, 5.74) is 0.585. The van der Waals surface area contributed by atoms with Crippen LogP contribution in [0.15, 0.2) is 18.2 Å². The summed E-state index contributed by atoms with van der Waals surface area (Å²) in [6.45, 7) is 2.05. The second kappa shape index (κ2) is 5.25. The van der Waals surface area contributed by atoms with Crippen LogP contribution in [0.25, 0.3) is 0 Å². The van der Waals surface area contributed by atoms with Gasteiger partial charge in [-0.15, -0.1) is 0 Å². The predicted molar refractivity (Wildman–Crippen MR) is 51.5 cm³/mol. The Balaban J connectivity index is 3.01. The van der Waals surface area contributed by atoms with Crippen LogP contribution in [0.1, 0.15) is 12.5 Å². The van der Waals surface area contributed by atoms with Crippen LogP contribution < -0.4 is 4.74 Å². The molecule has 1 N–H and O–H groups in total. The molecule has 2 nitrogen and oxygen atoms in total. The first-order valence-electron chi connectivity index (χ1n) is 4.30. The molecule has 0 radical (unpaired) electrons. The highest BCUT2D eigenvalue weighted by atomic mass is 19.1. The third-order valence-electron chi connectivity index (χ3n) is 1.55. The van der Waals surface area contributed by atoms with Gasteiger partial charge in [0.2, 0.25) is 0 Å². The molecular weight excluding hydrogens is 183 g/mol. The summed E-state index contributed by atoms with van der Waals surface area (Å²) in [5.74, 6) is 5.22. The fourth-order valence-electron chi connectivity index (χ4n) is 1.01. The predicted octanol–water partition coefficient (Wildman–Crippen LogP) is 1.57. The average molecular weight is 194 g/mol. The quantitative estimate of drug-likeness (QED) is 0.724. The second-order valence-corrected chi connectivity index (χ2v) is 2.53. The van der Waals surface area contributed by atoms with Gasteiger partial charge in [0.25, 0.3) is 0 Å². The Labute approximate surface area is 82.3 Å². The lowest BCUT2D eigenvalue weighted by molar-refractivity contribution is 0.337. The van der Waals surface area contributed by atoms with E-state index in [1.165, 1.54) is 18.2 Å². The van der Waals surface area contributed by atoms with Gasteiger partial charge in [-0.3, -0.25) is 0 Å². The van der Waals surface area contributed by atoms with Crippen molar-refractivity contribution in [2.24, 2.45) is 0 Å². The molecule has 1 rings (SSSR count). The maximum Gasteiger partial charge on any atom is 0.137 e. The Hall–Kier alpha value is -1.53. The molecular formula is C11H11FO2. The van der Waals surface area contributed by atoms with Crippen molar-refractivity contribution in [3.63, 3.8) is 0 Å². The summed E-state index contributed by atoms with van der Waals surface area (Å²) < 4.78 is 18.0. The van der Waals surface area contributed by atoms with E-state index < -0.39 is 0 Å². The van der Waals surface area contributed by atoms with Crippen LogP contribution >= 0.6 is 0 Å². The topological polar surface area (TPSA) is 29.5 Å².